The maximum absolute atomic E-state index is 13.0. The molecule has 2 amide bonds. The van der Waals surface area contributed by atoms with Gasteiger partial charge in [-0.1, -0.05) is 54.6 Å². The zero-order valence-corrected chi connectivity index (χ0v) is 16.5. The molecule has 0 spiro atoms. The van der Waals surface area contributed by atoms with Crippen molar-refractivity contribution in [1.29, 1.82) is 0 Å². The normalized spacial score (nSPS) is 10.3. The minimum absolute atomic E-state index is 0.0618. The zero-order valence-electron chi connectivity index (χ0n) is 16.5. The number of aromatic carboxylic acids is 1. The van der Waals surface area contributed by atoms with Crippen LogP contribution >= 0.6 is 0 Å². The van der Waals surface area contributed by atoms with E-state index >= 15 is 0 Å². The van der Waals surface area contributed by atoms with Crippen LogP contribution in [-0.4, -0.2) is 36.5 Å². The number of carboxylic acids is 1. The molecule has 0 aliphatic heterocycles. The van der Waals surface area contributed by atoms with Gasteiger partial charge in [-0.15, -0.1) is 0 Å². The van der Waals surface area contributed by atoms with Gasteiger partial charge in [0.1, 0.15) is 0 Å². The molecular weight excluding hydrogens is 380 g/mol. The van der Waals surface area contributed by atoms with Crippen molar-refractivity contribution in [2.24, 2.45) is 0 Å². The molecule has 3 aromatic rings. The molecule has 152 valence electrons. The van der Waals surface area contributed by atoms with Crippen LogP contribution in [0.15, 0.2) is 78.9 Å². The number of carbonyl (C=O) groups is 3. The molecule has 30 heavy (non-hydrogen) atoms. The minimum Gasteiger partial charge on any atom is -0.478 e. The predicted octanol–water partition coefficient (Wildman–Crippen LogP) is 3.63. The summed E-state index contributed by atoms with van der Waals surface area (Å²) >= 11 is 0. The van der Waals surface area contributed by atoms with Gasteiger partial charge < -0.3 is 15.3 Å². The van der Waals surface area contributed by atoms with Crippen molar-refractivity contribution in [2.75, 3.05) is 18.5 Å². The molecule has 3 aromatic carbocycles. The molecular formula is C24H22N2O4. The average Bonchev–Trinajstić information content (AvgIpc) is 2.78. The van der Waals surface area contributed by atoms with Crippen molar-refractivity contribution in [3.8, 4) is 0 Å². The Morgan fingerprint density at radius 1 is 0.800 bits per heavy atom. The fraction of sp³-hybridized carbons (Fsp3) is 0.125. The highest BCUT2D eigenvalue weighted by Crippen LogP contribution is 2.22. The van der Waals surface area contributed by atoms with Crippen LogP contribution < -0.4 is 10.2 Å². The Balaban J connectivity index is 1.78. The molecule has 0 unspecified atom stereocenters. The van der Waals surface area contributed by atoms with Gasteiger partial charge in [0, 0.05) is 13.6 Å². The monoisotopic (exact) mass is 402 g/mol. The number of nitrogens with one attached hydrogen (secondary N) is 1. The molecule has 0 heterocycles. The van der Waals surface area contributed by atoms with E-state index in [9.17, 15) is 19.5 Å². The number of hydrogen-bond acceptors (Lipinski definition) is 3. The lowest BCUT2D eigenvalue weighted by atomic mass is 10.1. The Kier molecular flexibility index (Phi) is 6.60. The van der Waals surface area contributed by atoms with Crippen LogP contribution in [0, 0.1) is 0 Å². The number of rotatable bonds is 7. The molecule has 0 saturated heterocycles. The largest absolute Gasteiger partial charge is 0.478 e. The SMILES string of the molecule is CN(C(=O)c1ccccc1C(=O)O)c1ccccc1C(=O)NCCc1ccccc1. The first kappa shape index (κ1) is 20.8. The molecule has 2 N–H and O–H groups in total. The van der Waals surface area contributed by atoms with Gasteiger partial charge in [0.05, 0.1) is 22.4 Å². The highest BCUT2D eigenvalue weighted by Gasteiger charge is 2.23. The quantitative estimate of drug-likeness (QED) is 0.632. The molecule has 0 fully saturated rings. The van der Waals surface area contributed by atoms with E-state index in [4.69, 9.17) is 0 Å². The summed E-state index contributed by atoms with van der Waals surface area (Å²) in [5.74, 6) is -1.98. The molecule has 0 saturated carbocycles. The van der Waals surface area contributed by atoms with Crippen molar-refractivity contribution >= 4 is 23.5 Å². The first-order valence-corrected chi connectivity index (χ1v) is 9.50. The Morgan fingerprint density at radius 3 is 2.03 bits per heavy atom. The maximum atomic E-state index is 13.0. The molecule has 0 aliphatic carbocycles. The molecule has 6 heteroatoms. The van der Waals surface area contributed by atoms with E-state index in [-0.39, 0.29) is 17.0 Å². The summed E-state index contributed by atoms with van der Waals surface area (Å²) in [5.41, 5.74) is 1.84. The average molecular weight is 402 g/mol. The van der Waals surface area contributed by atoms with E-state index in [1.165, 1.54) is 24.1 Å². The summed E-state index contributed by atoms with van der Waals surface area (Å²) in [6.45, 7) is 0.455. The summed E-state index contributed by atoms with van der Waals surface area (Å²) in [6, 6.07) is 22.6. The molecule has 3 rings (SSSR count). The third-order valence-electron chi connectivity index (χ3n) is 4.74. The first-order valence-electron chi connectivity index (χ1n) is 9.50. The van der Waals surface area contributed by atoms with Gasteiger partial charge in [-0.05, 0) is 36.2 Å². The molecule has 0 bridgehead atoms. The smallest absolute Gasteiger partial charge is 0.336 e. The second-order valence-electron chi connectivity index (χ2n) is 6.72. The van der Waals surface area contributed by atoms with Gasteiger partial charge in [0.2, 0.25) is 0 Å². The number of amides is 2. The summed E-state index contributed by atoms with van der Waals surface area (Å²) in [6.07, 6.45) is 0.690. The van der Waals surface area contributed by atoms with Crippen LogP contribution in [0.4, 0.5) is 5.69 Å². The lowest BCUT2D eigenvalue weighted by Gasteiger charge is -2.21. The zero-order chi connectivity index (χ0) is 21.5. The molecule has 0 aromatic heterocycles. The highest BCUT2D eigenvalue weighted by molar-refractivity contribution is 6.14. The standard InChI is InChI=1S/C24H22N2O4/c1-26(23(28)18-11-5-6-12-19(18)24(29)30)21-14-8-7-13-20(21)22(27)25-16-15-17-9-3-2-4-10-17/h2-14H,15-16H2,1H3,(H,25,27)(H,29,30). The van der Waals surface area contributed by atoms with Crippen molar-refractivity contribution in [1.82, 2.24) is 5.32 Å². The Labute approximate surface area is 174 Å². The number of benzene rings is 3. The summed E-state index contributed by atoms with van der Waals surface area (Å²) < 4.78 is 0. The number of para-hydroxylation sites is 1. The number of nitrogens with zero attached hydrogens (tertiary/aromatic N) is 1. The Hall–Kier alpha value is -3.93. The van der Waals surface area contributed by atoms with E-state index in [1.807, 2.05) is 30.3 Å². The van der Waals surface area contributed by atoms with Gasteiger partial charge >= 0.3 is 5.97 Å². The van der Waals surface area contributed by atoms with Crippen molar-refractivity contribution < 1.29 is 19.5 Å². The van der Waals surface area contributed by atoms with E-state index < -0.39 is 11.9 Å². The van der Waals surface area contributed by atoms with Crippen LogP contribution in [0.25, 0.3) is 0 Å². The lowest BCUT2D eigenvalue weighted by Crippen LogP contribution is -2.32. The van der Waals surface area contributed by atoms with E-state index in [0.717, 1.165) is 5.56 Å². The molecule has 0 aliphatic rings. The van der Waals surface area contributed by atoms with Crippen molar-refractivity contribution in [3.05, 3.63) is 101 Å². The van der Waals surface area contributed by atoms with Crippen LogP contribution in [-0.2, 0) is 6.42 Å². The van der Waals surface area contributed by atoms with Crippen LogP contribution in [0.5, 0.6) is 0 Å². The topological polar surface area (TPSA) is 86.7 Å². The van der Waals surface area contributed by atoms with E-state index in [0.29, 0.717) is 24.2 Å². The maximum Gasteiger partial charge on any atom is 0.336 e. The van der Waals surface area contributed by atoms with E-state index in [2.05, 4.69) is 5.32 Å². The highest BCUT2D eigenvalue weighted by atomic mass is 16.4. The molecule has 6 nitrogen and oxygen atoms in total. The summed E-state index contributed by atoms with van der Waals surface area (Å²) in [4.78, 5) is 38.5. The van der Waals surface area contributed by atoms with Crippen molar-refractivity contribution in [2.45, 2.75) is 6.42 Å². The Bertz CT molecular complexity index is 1060. The van der Waals surface area contributed by atoms with E-state index in [1.54, 1.807) is 36.4 Å². The fourth-order valence-corrected chi connectivity index (χ4v) is 3.16. The number of carbonyl (C=O) groups excluding carboxylic acids is 2. The second-order valence-corrected chi connectivity index (χ2v) is 6.72. The second kappa shape index (κ2) is 9.52. The molecule has 0 atom stereocenters. The Morgan fingerprint density at radius 2 is 1.37 bits per heavy atom. The minimum atomic E-state index is -1.18. The fourth-order valence-electron chi connectivity index (χ4n) is 3.16. The third-order valence-corrected chi connectivity index (χ3v) is 4.74. The van der Waals surface area contributed by atoms with Gasteiger partial charge in [-0.3, -0.25) is 9.59 Å². The van der Waals surface area contributed by atoms with Gasteiger partial charge in [0.15, 0.2) is 0 Å². The predicted molar refractivity (Wildman–Crippen MR) is 115 cm³/mol. The summed E-state index contributed by atoms with van der Waals surface area (Å²) in [5, 5.41) is 12.2. The third kappa shape index (κ3) is 4.72. The number of carboxylic acid groups (broad SMARTS) is 1. The van der Waals surface area contributed by atoms with Crippen LogP contribution in [0.3, 0.4) is 0 Å². The van der Waals surface area contributed by atoms with Crippen molar-refractivity contribution in [3.63, 3.8) is 0 Å². The number of anilines is 1. The first-order chi connectivity index (χ1) is 14.5. The van der Waals surface area contributed by atoms with Gasteiger partial charge in [-0.25, -0.2) is 4.79 Å². The van der Waals surface area contributed by atoms with Gasteiger partial charge in [0.25, 0.3) is 11.8 Å². The number of hydrogen-bond donors (Lipinski definition) is 2. The lowest BCUT2D eigenvalue weighted by molar-refractivity contribution is 0.0691. The summed E-state index contributed by atoms with van der Waals surface area (Å²) in [7, 11) is 1.52. The molecule has 0 radical (unpaired) electrons. The van der Waals surface area contributed by atoms with Gasteiger partial charge in [-0.2, -0.15) is 0 Å². The van der Waals surface area contributed by atoms with Crippen LogP contribution in [0.2, 0.25) is 0 Å². The van der Waals surface area contributed by atoms with Crippen LogP contribution in [0.1, 0.15) is 36.6 Å².